The van der Waals surface area contributed by atoms with Crippen LogP contribution in [0.5, 0.6) is 0 Å². The Morgan fingerprint density at radius 3 is 2.45 bits per heavy atom. The van der Waals surface area contributed by atoms with Gasteiger partial charge in [-0.1, -0.05) is 13.8 Å². The van der Waals surface area contributed by atoms with E-state index in [0.717, 1.165) is 42.2 Å². The molecule has 2 aromatic heterocycles. The van der Waals surface area contributed by atoms with Gasteiger partial charge >= 0.3 is 0 Å². The first kappa shape index (κ1) is 25.5. The predicted molar refractivity (Wildman–Crippen MR) is 128 cm³/mol. The summed E-state index contributed by atoms with van der Waals surface area (Å²) in [7, 11) is 1.99. The maximum atomic E-state index is 10.9. The summed E-state index contributed by atoms with van der Waals surface area (Å²) < 4.78 is 7.53. The minimum atomic E-state index is -1.06. The van der Waals surface area contributed by atoms with Crippen LogP contribution in [0.2, 0.25) is 0 Å². The SMILES string of the molecule is CCNC(=NCc1c(CC)nn(C)c1CC)NCC(C)(O)c1cc(C)oc1C.I. The smallest absolute Gasteiger partial charge is 0.191 e. The first-order valence-electron chi connectivity index (χ1n) is 10.1. The summed E-state index contributed by atoms with van der Waals surface area (Å²) in [6.45, 7) is 13.4. The van der Waals surface area contributed by atoms with Gasteiger partial charge in [0, 0.05) is 30.4 Å². The van der Waals surface area contributed by atoms with Crippen molar-refractivity contribution < 1.29 is 9.52 Å². The summed E-state index contributed by atoms with van der Waals surface area (Å²) in [5, 5.41) is 22.1. The second-order valence-electron chi connectivity index (χ2n) is 7.35. The van der Waals surface area contributed by atoms with Crippen LogP contribution in [0.3, 0.4) is 0 Å². The Morgan fingerprint density at radius 1 is 1.24 bits per heavy atom. The molecule has 1 atom stereocenters. The number of rotatable bonds is 8. The lowest BCUT2D eigenvalue weighted by Gasteiger charge is -2.24. The number of hydrogen-bond donors (Lipinski definition) is 3. The van der Waals surface area contributed by atoms with Crippen LogP contribution in [0.25, 0.3) is 0 Å². The Morgan fingerprint density at radius 2 is 1.93 bits per heavy atom. The van der Waals surface area contributed by atoms with Crippen molar-refractivity contribution in [3.63, 3.8) is 0 Å². The van der Waals surface area contributed by atoms with Crippen molar-refractivity contribution >= 4 is 29.9 Å². The Labute approximate surface area is 191 Å². The van der Waals surface area contributed by atoms with Crippen molar-refractivity contribution in [1.29, 1.82) is 0 Å². The minimum Gasteiger partial charge on any atom is -0.466 e. The van der Waals surface area contributed by atoms with Crippen LogP contribution in [0.1, 0.15) is 61.7 Å². The van der Waals surface area contributed by atoms with E-state index in [2.05, 4.69) is 29.6 Å². The average Bonchev–Trinajstić information content (AvgIpc) is 3.15. The highest BCUT2D eigenvalue weighted by Gasteiger charge is 2.28. The molecule has 0 bridgehead atoms. The average molecular weight is 517 g/mol. The molecule has 29 heavy (non-hydrogen) atoms. The lowest BCUT2D eigenvalue weighted by atomic mass is 9.96. The summed E-state index contributed by atoms with van der Waals surface area (Å²) in [4.78, 5) is 4.75. The summed E-state index contributed by atoms with van der Waals surface area (Å²) in [6, 6.07) is 1.89. The quantitative estimate of drug-likeness (QED) is 0.284. The second kappa shape index (κ2) is 11.0. The van der Waals surface area contributed by atoms with E-state index >= 15 is 0 Å². The van der Waals surface area contributed by atoms with Gasteiger partial charge in [0.15, 0.2) is 5.96 Å². The lowest BCUT2D eigenvalue weighted by molar-refractivity contribution is 0.0601. The third-order valence-electron chi connectivity index (χ3n) is 4.99. The Bertz CT molecular complexity index is 823. The van der Waals surface area contributed by atoms with E-state index in [9.17, 15) is 5.11 Å². The predicted octanol–water partition coefficient (Wildman–Crippen LogP) is 3.34. The molecule has 0 radical (unpaired) electrons. The van der Waals surface area contributed by atoms with E-state index < -0.39 is 5.60 Å². The van der Waals surface area contributed by atoms with Crippen LogP contribution in [0, 0.1) is 13.8 Å². The number of aliphatic imine (C=N–C) groups is 1. The number of aryl methyl sites for hydroxylation is 4. The zero-order valence-corrected chi connectivity index (χ0v) is 21.0. The van der Waals surface area contributed by atoms with Crippen LogP contribution < -0.4 is 10.6 Å². The molecule has 0 aliphatic carbocycles. The maximum absolute atomic E-state index is 10.9. The molecule has 0 aliphatic heterocycles. The number of guanidine groups is 1. The molecule has 0 amide bonds. The number of hydrogen-bond acceptors (Lipinski definition) is 4. The van der Waals surface area contributed by atoms with Crippen LogP contribution >= 0.6 is 24.0 Å². The van der Waals surface area contributed by atoms with Gasteiger partial charge in [-0.15, -0.1) is 24.0 Å². The molecule has 164 valence electrons. The molecule has 0 saturated carbocycles. The third-order valence-corrected chi connectivity index (χ3v) is 4.99. The first-order valence-corrected chi connectivity index (χ1v) is 10.1. The second-order valence-corrected chi connectivity index (χ2v) is 7.35. The summed E-state index contributed by atoms with van der Waals surface area (Å²) in [6.07, 6.45) is 1.81. The van der Waals surface area contributed by atoms with E-state index in [-0.39, 0.29) is 24.0 Å². The molecule has 0 aliphatic rings. The van der Waals surface area contributed by atoms with Gasteiger partial charge in [0.05, 0.1) is 18.8 Å². The number of nitrogens with one attached hydrogen (secondary N) is 2. The third kappa shape index (κ3) is 6.21. The fourth-order valence-electron chi connectivity index (χ4n) is 3.59. The highest BCUT2D eigenvalue weighted by atomic mass is 127. The van der Waals surface area contributed by atoms with Gasteiger partial charge < -0.3 is 20.2 Å². The summed E-state index contributed by atoms with van der Waals surface area (Å²) in [5.74, 6) is 2.21. The topological polar surface area (TPSA) is 87.6 Å². The molecule has 0 fully saturated rings. The van der Waals surface area contributed by atoms with Gasteiger partial charge in [-0.3, -0.25) is 4.68 Å². The molecule has 8 heteroatoms. The van der Waals surface area contributed by atoms with Crippen LogP contribution in [-0.2, 0) is 32.0 Å². The molecule has 0 spiro atoms. The fourth-order valence-corrected chi connectivity index (χ4v) is 3.59. The molecule has 2 aromatic rings. The zero-order chi connectivity index (χ0) is 20.9. The lowest BCUT2D eigenvalue weighted by Crippen LogP contribution is -2.44. The van der Waals surface area contributed by atoms with E-state index in [1.54, 1.807) is 6.92 Å². The van der Waals surface area contributed by atoms with E-state index in [4.69, 9.17) is 9.41 Å². The largest absolute Gasteiger partial charge is 0.466 e. The van der Waals surface area contributed by atoms with Gasteiger partial charge in [0.2, 0.25) is 0 Å². The van der Waals surface area contributed by atoms with Crippen molar-refractivity contribution in [2.24, 2.45) is 12.0 Å². The van der Waals surface area contributed by atoms with Crippen molar-refractivity contribution in [1.82, 2.24) is 20.4 Å². The number of nitrogens with zero attached hydrogens (tertiary/aromatic N) is 3. The molecular formula is C21H36IN5O2. The zero-order valence-electron chi connectivity index (χ0n) is 18.7. The van der Waals surface area contributed by atoms with Crippen LogP contribution in [-0.4, -0.2) is 33.9 Å². The number of aromatic nitrogens is 2. The fraction of sp³-hybridized carbons (Fsp3) is 0.619. The molecular weight excluding hydrogens is 481 g/mol. The number of halogens is 1. The standard InChI is InChI=1S/C21H35N5O2.HI/c1-8-18-16(19(9-2)26(7)25-18)12-23-20(22-10-3)24-13-21(6,27)17-11-14(4)28-15(17)5;/h11,27H,8-10,12-13H2,1-7H3,(H2,22,23,24);1H. The van der Waals surface area contributed by atoms with Crippen molar-refractivity contribution in [2.45, 2.75) is 66.5 Å². The number of furan rings is 1. The normalized spacial score (nSPS) is 13.7. The molecule has 0 saturated heterocycles. The van der Waals surface area contributed by atoms with Gasteiger partial charge in [-0.05, 0) is 46.6 Å². The van der Waals surface area contributed by atoms with Gasteiger partial charge in [0.25, 0.3) is 0 Å². The van der Waals surface area contributed by atoms with Gasteiger partial charge in [-0.25, -0.2) is 4.99 Å². The maximum Gasteiger partial charge on any atom is 0.191 e. The monoisotopic (exact) mass is 517 g/mol. The highest BCUT2D eigenvalue weighted by Crippen LogP contribution is 2.26. The van der Waals surface area contributed by atoms with E-state index in [1.807, 2.05) is 38.6 Å². The molecule has 1 unspecified atom stereocenters. The number of aliphatic hydroxyl groups is 1. The van der Waals surface area contributed by atoms with Crippen LogP contribution in [0.4, 0.5) is 0 Å². The van der Waals surface area contributed by atoms with Crippen molar-refractivity contribution in [2.75, 3.05) is 13.1 Å². The van der Waals surface area contributed by atoms with Crippen molar-refractivity contribution in [3.8, 4) is 0 Å². The Hall–Kier alpha value is -1.55. The molecule has 2 heterocycles. The Kier molecular flexibility index (Phi) is 9.67. The van der Waals surface area contributed by atoms with Crippen molar-refractivity contribution in [3.05, 3.63) is 40.1 Å². The van der Waals surface area contributed by atoms with E-state index in [0.29, 0.717) is 19.0 Å². The first-order chi connectivity index (χ1) is 13.2. The molecule has 0 aromatic carbocycles. The molecule has 3 N–H and O–H groups in total. The summed E-state index contributed by atoms with van der Waals surface area (Å²) >= 11 is 0. The molecule has 2 rings (SSSR count). The highest BCUT2D eigenvalue weighted by molar-refractivity contribution is 14.0. The molecule has 7 nitrogen and oxygen atoms in total. The van der Waals surface area contributed by atoms with Crippen LogP contribution in [0.15, 0.2) is 15.5 Å². The minimum absolute atomic E-state index is 0. The van der Waals surface area contributed by atoms with Gasteiger partial charge in [0.1, 0.15) is 17.1 Å². The van der Waals surface area contributed by atoms with Gasteiger partial charge in [-0.2, -0.15) is 5.10 Å². The Balaban J connectivity index is 0.00000420. The summed E-state index contributed by atoms with van der Waals surface area (Å²) in [5.41, 5.74) is 3.23. The van der Waals surface area contributed by atoms with E-state index in [1.165, 1.54) is 11.3 Å².